The number of alkyl halides is 3. The molecular formula is C8H15F3N2O. The maximum atomic E-state index is 11.7. The minimum atomic E-state index is -4.23. The summed E-state index contributed by atoms with van der Waals surface area (Å²) in [6.07, 6.45) is -4.04. The van der Waals surface area contributed by atoms with Gasteiger partial charge in [0.1, 0.15) is 0 Å². The molecule has 14 heavy (non-hydrogen) atoms. The van der Waals surface area contributed by atoms with Crippen LogP contribution in [0.5, 0.6) is 0 Å². The second kappa shape index (κ2) is 5.85. The first-order valence-corrected chi connectivity index (χ1v) is 4.47. The number of halogens is 3. The molecule has 0 unspecified atom stereocenters. The Morgan fingerprint density at radius 1 is 1.50 bits per heavy atom. The molecule has 0 aliphatic carbocycles. The number of hydrogen-bond donors (Lipinski definition) is 2. The number of carbonyl (C=O) groups excluding carboxylic acids is 1. The summed E-state index contributed by atoms with van der Waals surface area (Å²) in [5, 5.41) is 2.14. The van der Waals surface area contributed by atoms with E-state index in [-0.39, 0.29) is 0 Å². The van der Waals surface area contributed by atoms with Crippen molar-refractivity contribution in [3.8, 4) is 0 Å². The van der Waals surface area contributed by atoms with Gasteiger partial charge < -0.3 is 11.1 Å². The largest absolute Gasteiger partial charge is 0.390 e. The second-order valence-electron chi connectivity index (χ2n) is 3.05. The molecule has 0 aromatic heterocycles. The van der Waals surface area contributed by atoms with Crippen molar-refractivity contribution in [1.29, 1.82) is 0 Å². The van der Waals surface area contributed by atoms with Crippen molar-refractivity contribution < 1.29 is 18.0 Å². The molecule has 0 aromatic carbocycles. The predicted molar refractivity (Wildman–Crippen MR) is 46.6 cm³/mol. The molecule has 0 saturated carbocycles. The Morgan fingerprint density at radius 3 is 2.50 bits per heavy atom. The monoisotopic (exact) mass is 212 g/mol. The summed E-state index contributed by atoms with van der Waals surface area (Å²) in [6, 6.07) is -0.701. The predicted octanol–water partition coefficient (Wildman–Crippen LogP) is 1.18. The van der Waals surface area contributed by atoms with Crippen LogP contribution in [-0.4, -0.2) is 24.7 Å². The third-order valence-electron chi connectivity index (χ3n) is 1.64. The molecule has 0 radical (unpaired) electrons. The van der Waals surface area contributed by atoms with Crippen LogP contribution in [0, 0.1) is 0 Å². The van der Waals surface area contributed by atoms with E-state index in [2.05, 4.69) is 5.32 Å². The van der Waals surface area contributed by atoms with Crippen LogP contribution in [0.25, 0.3) is 0 Å². The summed E-state index contributed by atoms with van der Waals surface area (Å²) in [6.45, 7) is 1.45. The van der Waals surface area contributed by atoms with E-state index in [0.29, 0.717) is 6.42 Å². The Morgan fingerprint density at radius 2 is 2.07 bits per heavy atom. The van der Waals surface area contributed by atoms with Crippen molar-refractivity contribution in [2.75, 3.05) is 6.54 Å². The van der Waals surface area contributed by atoms with Crippen LogP contribution in [-0.2, 0) is 4.79 Å². The number of rotatable bonds is 5. The van der Waals surface area contributed by atoms with Crippen LogP contribution in [0.4, 0.5) is 13.2 Å². The van der Waals surface area contributed by atoms with Crippen LogP contribution >= 0.6 is 0 Å². The van der Waals surface area contributed by atoms with E-state index in [4.69, 9.17) is 5.73 Å². The SMILES string of the molecule is CCC[C@H](N)C(=O)NCCC(F)(F)F. The molecule has 0 fully saturated rings. The first-order chi connectivity index (χ1) is 6.37. The zero-order chi connectivity index (χ0) is 11.2. The summed E-state index contributed by atoms with van der Waals surface area (Å²) in [7, 11) is 0. The third-order valence-corrected chi connectivity index (χ3v) is 1.64. The van der Waals surface area contributed by atoms with E-state index < -0.39 is 31.1 Å². The zero-order valence-corrected chi connectivity index (χ0v) is 8.03. The highest BCUT2D eigenvalue weighted by atomic mass is 19.4. The van der Waals surface area contributed by atoms with Crippen molar-refractivity contribution in [3.63, 3.8) is 0 Å². The molecule has 3 N–H and O–H groups in total. The maximum Gasteiger partial charge on any atom is 0.390 e. The van der Waals surface area contributed by atoms with E-state index >= 15 is 0 Å². The molecule has 0 aromatic rings. The van der Waals surface area contributed by atoms with Gasteiger partial charge in [-0.05, 0) is 6.42 Å². The van der Waals surface area contributed by atoms with Gasteiger partial charge in [-0.15, -0.1) is 0 Å². The zero-order valence-electron chi connectivity index (χ0n) is 8.03. The number of amides is 1. The standard InChI is InChI=1S/C8H15F3N2O/c1-2-3-6(12)7(14)13-5-4-8(9,10)11/h6H,2-5,12H2,1H3,(H,13,14)/t6-/m0/s1. The fourth-order valence-corrected chi connectivity index (χ4v) is 0.901. The first-order valence-electron chi connectivity index (χ1n) is 4.47. The molecule has 1 amide bonds. The van der Waals surface area contributed by atoms with E-state index in [1.54, 1.807) is 0 Å². The van der Waals surface area contributed by atoms with Gasteiger partial charge in [0, 0.05) is 6.54 Å². The van der Waals surface area contributed by atoms with Crippen LogP contribution in [0.2, 0.25) is 0 Å². The Hall–Kier alpha value is -0.780. The highest BCUT2D eigenvalue weighted by molar-refractivity contribution is 5.81. The van der Waals surface area contributed by atoms with Crippen molar-refractivity contribution in [2.45, 2.75) is 38.4 Å². The summed E-state index contributed by atoms with van der Waals surface area (Å²) in [4.78, 5) is 11.0. The van der Waals surface area contributed by atoms with E-state index in [1.165, 1.54) is 0 Å². The molecule has 1 atom stereocenters. The highest BCUT2D eigenvalue weighted by Crippen LogP contribution is 2.18. The topological polar surface area (TPSA) is 55.1 Å². The van der Waals surface area contributed by atoms with Crippen LogP contribution in [0.15, 0.2) is 0 Å². The first kappa shape index (κ1) is 13.2. The van der Waals surface area contributed by atoms with Crippen molar-refractivity contribution in [2.24, 2.45) is 5.73 Å². The molecule has 6 heteroatoms. The van der Waals surface area contributed by atoms with Crippen molar-refractivity contribution in [1.82, 2.24) is 5.32 Å². The van der Waals surface area contributed by atoms with Gasteiger partial charge in [0.2, 0.25) is 5.91 Å². The van der Waals surface area contributed by atoms with Crippen LogP contribution in [0.3, 0.4) is 0 Å². The average molecular weight is 212 g/mol. The van der Waals surface area contributed by atoms with Crippen molar-refractivity contribution >= 4 is 5.91 Å². The van der Waals surface area contributed by atoms with E-state index in [1.807, 2.05) is 6.92 Å². The summed E-state index contributed by atoms with van der Waals surface area (Å²) in [5.41, 5.74) is 5.38. The summed E-state index contributed by atoms with van der Waals surface area (Å²) >= 11 is 0. The fraction of sp³-hybridized carbons (Fsp3) is 0.875. The molecule has 0 aliphatic rings. The molecule has 84 valence electrons. The molecule has 0 bridgehead atoms. The molecule has 3 nitrogen and oxygen atoms in total. The maximum absolute atomic E-state index is 11.7. The molecule has 0 saturated heterocycles. The van der Waals surface area contributed by atoms with Gasteiger partial charge in [0.15, 0.2) is 0 Å². The van der Waals surface area contributed by atoms with E-state index in [0.717, 1.165) is 6.42 Å². The normalized spacial score (nSPS) is 13.8. The number of hydrogen-bond acceptors (Lipinski definition) is 2. The van der Waals surface area contributed by atoms with Crippen LogP contribution < -0.4 is 11.1 Å². The Bertz CT molecular complexity index is 182. The minimum Gasteiger partial charge on any atom is -0.354 e. The lowest BCUT2D eigenvalue weighted by molar-refractivity contribution is -0.135. The smallest absolute Gasteiger partial charge is 0.354 e. The van der Waals surface area contributed by atoms with Gasteiger partial charge in [-0.25, -0.2) is 0 Å². The van der Waals surface area contributed by atoms with E-state index in [9.17, 15) is 18.0 Å². The highest BCUT2D eigenvalue weighted by Gasteiger charge is 2.26. The lowest BCUT2D eigenvalue weighted by Gasteiger charge is -2.11. The summed E-state index contributed by atoms with van der Waals surface area (Å²) in [5.74, 6) is -0.517. The lowest BCUT2D eigenvalue weighted by Crippen LogP contribution is -2.41. The van der Waals surface area contributed by atoms with Gasteiger partial charge in [-0.3, -0.25) is 4.79 Å². The van der Waals surface area contributed by atoms with Gasteiger partial charge in [0.25, 0.3) is 0 Å². The Labute approximate surface area is 80.8 Å². The molecule has 0 aliphatic heterocycles. The number of carbonyl (C=O) groups is 1. The number of nitrogens with one attached hydrogen (secondary N) is 1. The van der Waals surface area contributed by atoms with Crippen molar-refractivity contribution in [3.05, 3.63) is 0 Å². The van der Waals surface area contributed by atoms with Gasteiger partial charge in [-0.1, -0.05) is 13.3 Å². The second-order valence-corrected chi connectivity index (χ2v) is 3.05. The van der Waals surface area contributed by atoms with Gasteiger partial charge in [-0.2, -0.15) is 13.2 Å². The fourth-order valence-electron chi connectivity index (χ4n) is 0.901. The number of nitrogens with two attached hydrogens (primary N) is 1. The van der Waals surface area contributed by atoms with Gasteiger partial charge >= 0.3 is 6.18 Å². The molecule has 0 heterocycles. The Balaban J connectivity index is 3.64. The Kier molecular flexibility index (Phi) is 5.52. The molecule has 0 spiro atoms. The molecular weight excluding hydrogens is 197 g/mol. The summed E-state index contributed by atoms with van der Waals surface area (Å²) < 4.78 is 35.0. The third kappa shape index (κ3) is 6.71. The average Bonchev–Trinajstić information content (AvgIpc) is 2.02. The van der Waals surface area contributed by atoms with Crippen LogP contribution in [0.1, 0.15) is 26.2 Å². The lowest BCUT2D eigenvalue weighted by atomic mass is 10.2. The van der Waals surface area contributed by atoms with Gasteiger partial charge in [0.05, 0.1) is 12.5 Å². The molecule has 0 rings (SSSR count). The minimum absolute atomic E-state index is 0.403. The quantitative estimate of drug-likeness (QED) is 0.719.